The van der Waals surface area contributed by atoms with Crippen LogP contribution >= 0.6 is 0 Å². The number of carboxylic acid groups (broad SMARTS) is 1. The molecule has 0 aliphatic heterocycles. The van der Waals surface area contributed by atoms with Crippen molar-refractivity contribution in [2.24, 2.45) is 11.8 Å². The molecule has 1 N–H and O–H groups in total. The summed E-state index contributed by atoms with van der Waals surface area (Å²) < 4.78 is 0. The first-order valence-corrected chi connectivity index (χ1v) is 7.04. The van der Waals surface area contributed by atoms with Crippen LogP contribution in [0.4, 0.5) is 0 Å². The standard InChI is InChI=1S/C14H25NO2/c1-10-5-3-6-11(9-10)15(2)13-8-4-7-12(13)14(16)17/h10-13H,3-9H2,1-2H3,(H,16,17). The highest BCUT2D eigenvalue weighted by Crippen LogP contribution is 2.34. The molecule has 3 nitrogen and oxygen atoms in total. The van der Waals surface area contributed by atoms with E-state index in [1.807, 2.05) is 0 Å². The van der Waals surface area contributed by atoms with Gasteiger partial charge in [0.1, 0.15) is 0 Å². The number of hydrogen-bond acceptors (Lipinski definition) is 2. The van der Waals surface area contributed by atoms with Gasteiger partial charge in [-0.1, -0.05) is 26.2 Å². The van der Waals surface area contributed by atoms with Crippen molar-refractivity contribution in [1.29, 1.82) is 0 Å². The quantitative estimate of drug-likeness (QED) is 0.823. The van der Waals surface area contributed by atoms with Gasteiger partial charge in [-0.2, -0.15) is 0 Å². The molecule has 0 heterocycles. The second-order valence-electron chi connectivity index (χ2n) is 6.03. The third-order valence-corrected chi connectivity index (χ3v) is 4.80. The summed E-state index contributed by atoms with van der Waals surface area (Å²) in [5.41, 5.74) is 0. The normalized spacial score (nSPS) is 38.5. The van der Waals surface area contributed by atoms with E-state index in [1.165, 1.54) is 25.7 Å². The Kier molecular flexibility index (Phi) is 4.08. The molecule has 2 rings (SSSR count). The molecule has 2 aliphatic carbocycles. The maximum Gasteiger partial charge on any atom is 0.308 e. The van der Waals surface area contributed by atoms with Crippen molar-refractivity contribution >= 4 is 5.97 Å². The van der Waals surface area contributed by atoms with Crippen molar-refractivity contribution in [2.45, 2.75) is 64.0 Å². The second-order valence-corrected chi connectivity index (χ2v) is 6.03. The molecule has 0 aromatic heterocycles. The SMILES string of the molecule is CC1CCCC(N(C)C2CCCC2C(=O)O)C1. The first kappa shape index (κ1) is 12.9. The second kappa shape index (κ2) is 5.38. The minimum absolute atomic E-state index is 0.128. The average Bonchev–Trinajstić information content (AvgIpc) is 2.77. The molecule has 0 aromatic rings. The smallest absolute Gasteiger partial charge is 0.308 e. The fourth-order valence-electron chi connectivity index (χ4n) is 3.76. The lowest BCUT2D eigenvalue weighted by molar-refractivity contribution is -0.143. The molecule has 2 aliphatic rings. The lowest BCUT2D eigenvalue weighted by Crippen LogP contribution is -2.45. The topological polar surface area (TPSA) is 40.5 Å². The zero-order valence-corrected chi connectivity index (χ0v) is 11.1. The number of aliphatic carboxylic acids is 1. The summed E-state index contributed by atoms with van der Waals surface area (Å²) in [5.74, 6) is 0.0846. The molecule has 0 spiro atoms. The van der Waals surface area contributed by atoms with Gasteiger partial charge in [-0.3, -0.25) is 9.69 Å². The van der Waals surface area contributed by atoms with E-state index in [0.29, 0.717) is 6.04 Å². The predicted molar refractivity (Wildman–Crippen MR) is 67.9 cm³/mol. The maximum absolute atomic E-state index is 11.2. The van der Waals surface area contributed by atoms with E-state index in [1.54, 1.807) is 0 Å². The predicted octanol–water partition coefficient (Wildman–Crippen LogP) is 2.75. The molecule has 4 atom stereocenters. The van der Waals surface area contributed by atoms with Crippen molar-refractivity contribution in [1.82, 2.24) is 4.90 Å². The van der Waals surface area contributed by atoms with E-state index < -0.39 is 5.97 Å². The highest BCUT2D eigenvalue weighted by atomic mass is 16.4. The van der Waals surface area contributed by atoms with Crippen molar-refractivity contribution in [3.63, 3.8) is 0 Å². The highest BCUT2D eigenvalue weighted by molar-refractivity contribution is 5.71. The Morgan fingerprint density at radius 1 is 1.18 bits per heavy atom. The Morgan fingerprint density at radius 2 is 1.88 bits per heavy atom. The summed E-state index contributed by atoms with van der Waals surface area (Å²) in [6.45, 7) is 2.32. The van der Waals surface area contributed by atoms with Gasteiger partial charge in [-0.25, -0.2) is 0 Å². The van der Waals surface area contributed by atoms with E-state index in [9.17, 15) is 9.90 Å². The third-order valence-electron chi connectivity index (χ3n) is 4.80. The van der Waals surface area contributed by atoms with Crippen LogP contribution in [0.2, 0.25) is 0 Å². The van der Waals surface area contributed by atoms with E-state index in [2.05, 4.69) is 18.9 Å². The summed E-state index contributed by atoms with van der Waals surface area (Å²) in [6.07, 6.45) is 8.17. The molecule has 0 saturated heterocycles. The van der Waals surface area contributed by atoms with Gasteiger partial charge >= 0.3 is 5.97 Å². The van der Waals surface area contributed by atoms with Crippen LogP contribution in [0, 0.1) is 11.8 Å². The lowest BCUT2D eigenvalue weighted by Gasteiger charge is -2.39. The van der Waals surface area contributed by atoms with E-state index in [-0.39, 0.29) is 12.0 Å². The van der Waals surface area contributed by atoms with Gasteiger partial charge in [0.15, 0.2) is 0 Å². The highest BCUT2D eigenvalue weighted by Gasteiger charge is 2.38. The number of carboxylic acids is 1. The molecule has 2 saturated carbocycles. The van der Waals surface area contributed by atoms with Gasteiger partial charge in [0, 0.05) is 12.1 Å². The van der Waals surface area contributed by atoms with Crippen LogP contribution in [-0.4, -0.2) is 35.1 Å². The summed E-state index contributed by atoms with van der Waals surface area (Å²) in [7, 11) is 2.15. The maximum atomic E-state index is 11.2. The van der Waals surface area contributed by atoms with E-state index in [4.69, 9.17) is 0 Å². The zero-order chi connectivity index (χ0) is 12.4. The van der Waals surface area contributed by atoms with Crippen molar-refractivity contribution in [2.75, 3.05) is 7.05 Å². The van der Waals surface area contributed by atoms with Crippen LogP contribution in [0.5, 0.6) is 0 Å². The number of carbonyl (C=O) groups is 1. The van der Waals surface area contributed by atoms with Gasteiger partial charge in [0.2, 0.25) is 0 Å². The Labute approximate surface area is 104 Å². The van der Waals surface area contributed by atoms with Crippen LogP contribution in [0.3, 0.4) is 0 Å². The van der Waals surface area contributed by atoms with Crippen LogP contribution in [0.25, 0.3) is 0 Å². The van der Waals surface area contributed by atoms with E-state index in [0.717, 1.165) is 25.2 Å². The van der Waals surface area contributed by atoms with Crippen molar-refractivity contribution < 1.29 is 9.90 Å². The van der Waals surface area contributed by atoms with Crippen LogP contribution in [-0.2, 0) is 4.79 Å². The van der Waals surface area contributed by atoms with Crippen molar-refractivity contribution in [3.8, 4) is 0 Å². The Hall–Kier alpha value is -0.570. The number of nitrogens with zero attached hydrogens (tertiary/aromatic N) is 1. The van der Waals surface area contributed by atoms with Gasteiger partial charge in [0.25, 0.3) is 0 Å². The summed E-state index contributed by atoms with van der Waals surface area (Å²) >= 11 is 0. The average molecular weight is 239 g/mol. The van der Waals surface area contributed by atoms with Crippen LogP contribution in [0.15, 0.2) is 0 Å². The number of hydrogen-bond donors (Lipinski definition) is 1. The van der Waals surface area contributed by atoms with Crippen LogP contribution < -0.4 is 0 Å². The summed E-state index contributed by atoms with van der Waals surface area (Å²) in [5, 5.41) is 9.26. The Balaban J connectivity index is 1.98. The molecule has 4 unspecified atom stereocenters. The molecular formula is C14H25NO2. The lowest BCUT2D eigenvalue weighted by atomic mass is 9.85. The minimum atomic E-state index is -0.594. The van der Waals surface area contributed by atoms with Gasteiger partial charge < -0.3 is 5.11 Å². The van der Waals surface area contributed by atoms with Gasteiger partial charge in [-0.15, -0.1) is 0 Å². The van der Waals surface area contributed by atoms with Gasteiger partial charge in [0.05, 0.1) is 5.92 Å². The molecule has 0 bridgehead atoms. The molecular weight excluding hydrogens is 214 g/mol. The molecule has 98 valence electrons. The fourth-order valence-corrected chi connectivity index (χ4v) is 3.76. The largest absolute Gasteiger partial charge is 0.481 e. The Morgan fingerprint density at radius 3 is 2.53 bits per heavy atom. The first-order chi connectivity index (χ1) is 8.09. The fraction of sp³-hybridized carbons (Fsp3) is 0.929. The number of rotatable bonds is 3. The van der Waals surface area contributed by atoms with Crippen LogP contribution in [0.1, 0.15) is 51.9 Å². The Bertz CT molecular complexity index is 279. The molecule has 2 fully saturated rings. The third kappa shape index (κ3) is 2.82. The zero-order valence-electron chi connectivity index (χ0n) is 11.1. The van der Waals surface area contributed by atoms with Gasteiger partial charge in [-0.05, 0) is 38.6 Å². The monoisotopic (exact) mass is 239 g/mol. The van der Waals surface area contributed by atoms with E-state index >= 15 is 0 Å². The molecule has 17 heavy (non-hydrogen) atoms. The molecule has 0 amide bonds. The summed E-state index contributed by atoms with van der Waals surface area (Å²) in [6, 6.07) is 0.895. The minimum Gasteiger partial charge on any atom is -0.481 e. The first-order valence-electron chi connectivity index (χ1n) is 7.04. The molecule has 3 heteroatoms. The molecule has 0 aromatic carbocycles. The van der Waals surface area contributed by atoms with Crippen molar-refractivity contribution in [3.05, 3.63) is 0 Å². The molecule has 0 radical (unpaired) electrons. The summed E-state index contributed by atoms with van der Waals surface area (Å²) in [4.78, 5) is 13.6.